The van der Waals surface area contributed by atoms with Gasteiger partial charge < -0.3 is 0 Å². The Morgan fingerprint density at radius 2 is 0.400 bits per heavy atom. The van der Waals surface area contributed by atoms with Gasteiger partial charge in [-0.1, -0.05) is 212 Å². The molecular formula is C54H36N6. The van der Waals surface area contributed by atoms with Crippen LogP contribution < -0.4 is 0 Å². The summed E-state index contributed by atoms with van der Waals surface area (Å²) >= 11 is 0. The molecule has 0 amide bonds. The molecule has 0 N–H and O–H groups in total. The first-order valence-corrected chi connectivity index (χ1v) is 19.9. The minimum absolute atomic E-state index is 0.618. The van der Waals surface area contributed by atoms with E-state index < -0.39 is 0 Å². The van der Waals surface area contributed by atoms with E-state index in [4.69, 9.17) is 29.9 Å². The Labute approximate surface area is 348 Å². The van der Waals surface area contributed by atoms with Crippen molar-refractivity contribution in [3.63, 3.8) is 0 Å². The molecule has 0 atom stereocenters. The standard InChI is InChI=1S/C54H36N6/c1-6-16-37(17-7-1)46-34-35-47(38-26-30-44(31-27-38)53-57-49(40-18-8-2-9-19-40)55-50(58-53)41-20-10-3-11-21-41)48(36-46)39-28-32-45(33-29-39)54-59-51(42-22-12-4-13-23-42)56-52(60-54)43-24-14-5-15-25-43/h1-36H. The fraction of sp³-hybridized carbons (Fsp3) is 0. The monoisotopic (exact) mass is 768 g/mol. The van der Waals surface area contributed by atoms with Crippen molar-refractivity contribution in [1.82, 2.24) is 29.9 Å². The lowest BCUT2D eigenvalue weighted by Gasteiger charge is -2.15. The lowest BCUT2D eigenvalue weighted by Crippen LogP contribution is -2.00. The molecule has 0 radical (unpaired) electrons. The van der Waals surface area contributed by atoms with Crippen molar-refractivity contribution in [2.45, 2.75) is 0 Å². The van der Waals surface area contributed by atoms with E-state index in [-0.39, 0.29) is 0 Å². The zero-order chi connectivity index (χ0) is 40.1. The second-order valence-electron chi connectivity index (χ2n) is 14.4. The second-order valence-corrected chi connectivity index (χ2v) is 14.4. The van der Waals surface area contributed by atoms with E-state index in [9.17, 15) is 0 Å². The van der Waals surface area contributed by atoms with E-state index in [1.165, 1.54) is 0 Å². The van der Waals surface area contributed by atoms with Gasteiger partial charge in [-0.2, -0.15) is 0 Å². The van der Waals surface area contributed by atoms with Crippen molar-refractivity contribution < 1.29 is 0 Å². The number of aromatic nitrogens is 6. The predicted molar refractivity (Wildman–Crippen MR) is 242 cm³/mol. The third kappa shape index (κ3) is 7.61. The lowest BCUT2D eigenvalue weighted by atomic mass is 9.90. The van der Waals surface area contributed by atoms with Gasteiger partial charge in [-0.3, -0.25) is 0 Å². The van der Waals surface area contributed by atoms with Crippen molar-refractivity contribution >= 4 is 0 Å². The number of benzene rings is 8. The SMILES string of the molecule is c1ccc(-c2ccc(-c3ccc(-c4nc(-c5ccccc5)nc(-c5ccccc5)n4)cc3)c(-c3ccc(-c4nc(-c5ccccc5)nc(-c5ccccc5)n4)cc3)c2)cc1. The molecule has 8 aromatic carbocycles. The number of hydrogen-bond acceptors (Lipinski definition) is 6. The van der Waals surface area contributed by atoms with Crippen LogP contribution in [0.15, 0.2) is 218 Å². The first-order chi connectivity index (χ1) is 29.7. The molecule has 0 aliphatic heterocycles. The van der Waals surface area contributed by atoms with Gasteiger partial charge in [-0.15, -0.1) is 0 Å². The van der Waals surface area contributed by atoms with Crippen LogP contribution in [0.2, 0.25) is 0 Å². The Balaban J connectivity index is 1.04. The Morgan fingerprint density at radius 3 is 0.717 bits per heavy atom. The Bertz CT molecular complexity index is 2920. The maximum absolute atomic E-state index is 4.96. The van der Waals surface area contributed by atoms with Crippen molar-refractivity contribution in [3.05, 3.63) is 218 Å². The van der Waals surface area contributed by atoms with Gasteiger partial charge in [0.25, 0.3) is 0 Å². The fourth-order valence-corrected chi connectivity index (χ4v) is 7.32. The summed E-state index contributed by atoms with van der Waals surface area (Å²) in [6, 6.07) is 74.4. The minimum Gasteiger partial charge on any atom is -0.208 e. The largest absolute Gasteiger partial charge is 0.208 e. The summed E-state index contributed by atoms with van der Waals surface area (Å²) in [5.74, 6) is 3.77. The maximum Gasteiger partial charge on any atom is 0.164 e. The third-order valence-corrected chi connectivity index (χ3v) is 10.4. The molecule has 0 unspecified atom stereocenters. The average Bonchev–Trinajstić information content (AvgIpc) is 3.35. The van der Waals surface area contributed by atoms with E-state index in [0.717, 1.165) is 66.8 Å². The topological polar surface area (TPSA) is 77.3 Å². The zero-order valence-corrected chi connectivity index (χ0v) is 32.5. The highest BCUT2D eigenvalue weighted by Gasteiger charge is 2.16. The summed E-state index contributed by atoms with van der Waals surface area (Å²) in [4.78, 5) is 29.6. The third-order valence-electron chi connectivity index (χ3n) is 10.4. The van der Waals surface area contributed by atoms with Gasteiger partial charge in [0.1, 0.15) is 0 Å². The highest BCUT2D eigenvalue weighted by molar-refractivity contribution is 5.88. The van der Waals surface area contributed by atoms with Gasteiger partial charge in [-0.05, 0) is 39.4 Å². The van der Waals surface area contributed by atoms with Crippen LogP contribution in [0.5, 0.6) is 0 Å². The van der Waals surface area contributed by atoms with Crippen molar-refractivity contribution in [1.29, 1.82) is 0 Å². The van der Waals surface area contributed by atoms with Crippen LogP contribution in [0, 0.1) is 0 Å². The number of rotatable bonds is 9. The summed E-state index contributed by atoms with van der Waals surface area (Å²) in [6.45, 7) is 0. The molecule has 0 fully saturated rings. The summed E-state index contributed by atoms with van der Waals surface area (Å²) < 4.78 is 0. The van der Waals surface area contributed by atoms with Gasteiger partial charge in [0.05, 0.1) is 0 Å². The molecule has 0 bridgehead atoms. The van der Waals surface area contributed by atoms with Gasteiger partial charge in [0.15, 0.2) is 34.9 Å². The fourth-order valence-electron chi connectivity index (χ4n) is 7.32. The first-order valence-electron chi connectivity index (χ1n) is 19.9. The van der Waals surface area contributed by atoms with Crippen molar-refractivity contribution in [3.8, 4) is 102 Å². The average molecular weight is 769 g/mol. The van der Waals surface area contributed by atoms with Crippen LogP contribution in [-0.2, 0) is 0 Å². The van der Waals surface area contributed by atoms with Crippen LogP contribution in [0.25, 0.3) is 102 Å². The Morgan fingerprint density at radius 1 is 0.167 bits per heavy atom. The zero-order valence-electron chi connectivity index (χ0n) is 32.5. The molecule has 0 saturated carbocycles. The molecule has 2 heterocycles. The number of nitrogens with zero attached hydrogens (tertiary/aromatic N) is 6. The molecule has 6 heteroatoms. The predicted octanol–water partition coefficient (Wildman–Crippen LogP) is 13.1. The summed E-state index contributed by atoms with van der Waals surface area (Å²) in [5, 5.41) is 0. The molecule has 60 heavy (non-hydrogen) atoms. The lowest BCUT2D eigenvalue weighted by molar-refractivity contribution is 1.07. The molecule has 10 aromatic rings. The van der Waals surface area contributed by atoms with Crippen LogP contribution in [-0.4, -0.2) is 29.9 Å². The quantitative estimate of drug-likeness (QED) is 0.145. The highest BCUT2D eigenvalue weighted by atomic mass is 15.0. The smallest absolute Gasteiger partial charge is 0.164 e. The van der Waals surface area contributed by atoms with Crippen LogP contribution in [0.4, 0.5) is 0 Å². The molecule has 282 valence electrons. The van der Waals surface area contributed by atoms with Crippen molar-refractivity contribution in [2.24, 2.45) is 0 Å². The maximum atomic E-state index is 4.96. The minimum atomic E-state index is 0.618. The normalized spacial score (nSPS) is 11.0. The summed E-state index contributed by atoms with van der Waals surface area (Å²) in [5.41, 5.74) is 12.2. The van der Waals surface area contributed by atoms with Gasteiger partial charge in [0.2, 0.25) is 0 Å². The Hall–Kier alpha value is -8.22. The number of hydrogen-bond donors (Lipinski definition) is 0. The van der Waals surface area contributed by atoms with Gasteiger partial charge >= 0.3 is 0 Å². The molecule has 6 nitrogen and oxygen atoms in total. The van der Waals surface area contributed by atoms with E-state index in [2.05, 4.69) is 91.0 Å². The summed E-state index contributed by atoms with van der Waals surface area (Å²) in [6.07, 6.45) is 0. The van der Waals surface area contributed by atoms with E-state index >= 15 is 0 Å². The van der Waals surface area contributed by atoms with Crippen molar-refractivity contribution in [2.75, 3.05) is 0 Å². The molecule has 0 aliphatic carbocycles. The van der Waals surface area contributed by atoms with E-state index in [1.807, 2.05) is 127 Å². The van der Waals surface area contributed by atoms with Gasteiger partial charge in [-0.25, -0.2) is 29.9 Å². The Kier molecular flexibility index (Phi) is 9.84. The second kappa shape index (κ2) is 16.3. The highest BCUT2D eigenvalue weighted by Crippen LogP contribution is 2.38. The molecule has 2 aromatic heterocycles. The molecular weight excluding hydrogens is 733 g/mol. The van der Waals surface area contributed by atoms with Crippen LogP contribution >= 0.6 is 0 Å². The molecule has 0 aliphatic rings. The molecule has 0 spiro atoms. The summed E-state index contributed by atoms with van der Waals surface area (Å²) in [7, 11) is 0. The molecule has 10 rings (SSSR count). The van der Waals surface area contributed by atoms with Crippen LogP contribution in [0.1, 0.15) is 0 Å². The van der Waals surface area contributed by atoms with E-state index in [1.54, 1.807) is 0 Å². The van der Waals surface area contributed by atoms with Crippen LogP contribution in [0.3, 0.4) is 0 Å². The van der Waals surface area contributed by atoms with Gasteiger partial charge in [0, 0.05) is 33.4 Å². The first kappa shape index (κ1) is 36.1. The molecule has 0 saturated heterocycles. The van der Waals surface area contributed by atoms with E-state index in [0.29, 0.717) is 34.9 Å².